The topological polar surface area (TPSA) is 86.8 Å². The highest BCUT2D eigenvalue weighted by Gasteiger charge is 2.20. The maximum atomic E-state index is 12.6. The van der Waals surface area contributed by atoms with Crippen molar-refractivity contribution in [3.05, 3.63) is 53.3 Å². The molecule has 0 spiro atoms. The first-order valence-corrected chi connectivity index (χ1v) is 9.44. The van der Waals surface area contributed by atoms with Gasteiger partial charge in [0.15, 0.2) is 0 Å². The van der Waals surface area contributed by atoms with Gasteiger partial charge in [0.05, 0.1) is 5.69 Å². The number of hydrogen-bond donors (Lipinski definition) is 2. The van der Waals surface area contributed by atoms with Gasteiger partial charge in [0, 0.05) is 30.4 Å². The van der Waals surface area contributed by atoms with Crippen LogP contribution in [0.3, 0.4) is 0 Å². The van der Waals surface area contributed by atoms with Gasteiger partial charge in [-0.3, -0.25) is 14.7 Å². The van der Waals surface area contributed by atoms with Crippen LogP contribution in [0, 0.1) is 6.92 Å². The average Bonchev–Trinajstić information content (AvgIpc) is 3.03. The summed E-state index contributed by atoms with van der Waals surface area (Å²) < 4.78 is 0. The van der Waals surface area contributed by atoms with Gasteiger partial charge in [-0.15, -0.1) is 0 Å². The molecule has 0 unspecified atom stereocenters. The van der Waals surface area contributed by atoms with Gasteiger partial charge < -0.3 is 5.32 Å². The maximum absolute atomic E-state index is 12.6. The SMILES string of the molecule is Cc1cccc(CN2CCC[C@@H](NC(=O)c3ccc4n[nH]nc4c3)CC2)n1. The fourth-order valence-electron chi connectivity index (χ4n) is 3.63. The first-order chi connectivity index (χ1) is 13.2. The van der Waals surface area contributed by atoms with E-state index in [1.165, 1.54) is 0 Å². The van der Waals surface area contributed by atoms with Crippen molar-refractivity contribution in [2.75, 3.05) is 13.1 Å². The molecule has 4 rings (SSSR count). The predicted octanol–water partition coefficient (Wildman–Crippen LogP) is 2.45. The zero-order chi connectivity index (χ0) is 18.6. The van der Waals surface area contributed by atoms with E-state index < -0.39 is 0 Å². The lowest BCUT2D eigenvalue weighted by Crippen LogP contribution is -2.35. The number of hydrogen-bond acceptors (Lipinski definition) is 5. The fourth-order valence-corrected chi connectivity index (χ4v) is 3.63. The van der Waals surface area contributed by atoms with E-state index in [0.717, 1.165) is 55.8 Å². The van der Waals surface area contributed by atoms with E-state index in [4.69, 9.17) is 0 Å². The number of aromatic amines is 1. The van der Waals surface area contributed by atoms with Crippen molar-refractivity contribution in [1.82, 2.24) is 30.6 Å². The van der Waals surface area contributed by atoms with E-state index in [0.29, 0.717) is 11.1 Å². The molecule has 7 heteroatoms. The van der Waals surface area contributed by atoms with Crippen LogP contribution in [0.1, 0.15) is 41.0 Å². The third kappa shape index (κ3) is 4.31. The number of rotatable bonds is 4. The van der Waals surface area contributed by atoms with Gasteiger partial charge in [0.25, 0.3) is 5.91 Å². The van der Waals surface area contributed by atoms with Gasteiger partial charge in [-0.2, -0.15) is 15.4 Å². The molecule has 1 fully saturated rings. The minimum absolute atomic E-state index is 0.0429. The first kappa shape index (κ1) is 17.6. The van der Waals surface area contributed by atoms with Crippen LogP contribution in [-0.4, -0.2) is 50.3 Å². The molecule has 3 heterocycles. The molecule has 0 bridgehead atoms. The highest BCUT2D eigenvalue weighted by molar-refractivity contribution is 5.97. The zero-order valence-electron chi connectivity index (χ0n) is 15.5. The summed E-state index contributed by atoms with van der Waals surface area (Å²) in [7, 11) is 0. The molecule has 0 saturated carbocycles. The third-order valence-electron chi connectivity index (χ3n) is 5.07. The lowest BCUT2D eigenvalue weighted by Gasteiger charge is -2.20. The Kier molecular flexibility index (Phi) is 5.11. The Hall–Kier alpha value is -2.80. The zero-order valence-corrected chi connectivity index (χ0v) is 15.5. The highest BCUT2D eigenvalue weighted by atomic mass is 16.1. The number of benzene rings is 1. The summed E-state index contributed by atoms with van der Waals surface area (Å²) in [6, 6.07) is 11.8. The summed E-state index contributed by atoms with van der Waals surface area (Å²) in [5, 5.41) is 13.8. The second kappa shape index (κ2) is 7.84. The fraction of sp³-hybridized carbons (Fsp3) is 0.400. The van der Waals surface area contributed by atoms with Gasteiger partial charge in [-0.05, 0) is 63.1 Å². The Bertz CT molecular complexity index is 937. The van der Waals surface area contributed by atoms with Gasteiger partial charge in [-0.25, -0.2) is 0 Å². The van der Waals surface area contributed by atoms with Gasteiger partial charge >= 0.3 is 0 Å². The number of pyridine rings is 1. The Balaban J connectivity index is 1.34. The molecule has 0 radical (unpaired) electrons. The summed E-state index contributed by atoms with van der Waals surface area (Å²) in [6.45, 7) is 4.88. The van der Waals surface area contributed by atoms with E-state index in [1.807, 2.05) is 19.1 Å². The molecule has 3 aromatic rings. The number of aryl methyl sites for hydroxylation is 1. The summed E-state index contributed by atoms with van der Waals surface area (Å²) in [5.74, 6) is -0.0429. The van der Waals surface area contributed by atoms with E-state index in [9.17, 15) is 4.79 Å². The van der Waals surface area contributed by atoms with Crippen molar-refractivity contribution in [1.29, 1.82) is 0 Å². The second-order valence-electron chi connectivity index (χ2n) is 7.17. The summed E-state index contributed by atoms with van der Waals surface area (Å²) in [4.78, 5) is 19.6. The van der Waals surface area contributed by atoms with Crippen molar-refractivity contribution >= 4 is 16.9 Å². The molecule has 2 N–H and O–H groups in total. The molecule has 1 amide bonds. The number of carbonyl (C=O) groups excluding carboxylic acids is 1. The van der Waals surface area contributed by atoms with E-state index >= 15 is 0 Å². The minimum atomic E-state index is -0.0429. The van der Waals surface area contributed by atoms with Crippen LogP contribution in [0.2, 0.25) is 0 Å². The molecule has 1 aliphatic heterocycles. The summed E-state index contributed by atoms with van der Waals surface area (Å²) in [5.41, 5.74) is 4.26. The van der Waals surface area contributed by atoms with Crippen molar-refractivity contribution in [2.45, 2.75) is 38.8 Å². The van der Waals surface area contributed by atoms with E-state index in [1.54, 1.807) is 12.1 Å². The monoisotopic (exact) mass is 364 g/mol. The number of amides is 1. The number of likely N-dealkylation sites (tertiary alicyclic amines) is 1. The first-order valence-electron chi connectivity index (χ1n) is 9.44. The lowest BCUT2D eigenvalue weighted by atomic mass is 10.1. The number of fused-ring (bicyclic) bond motifs is 1. The van der Waals surface area contributed by atoms with Crippen molar-refractivity contribution < 1.29 is 4.79 Å². The Morgan fingerprint density at radius 2 is 2.07 bits per heavy atom. The van der Waals surface area contributed by atoms with Crippen molar-refractivity contribution in [3.8, 4) is 0 Å². The molecule has 27 heavy (non-hydrogen) atoms. The molecule has 140 valence electrons. The molecule has 0 aliphatic carbocycles. The molecule has 1 atom stereocenters. The minimum Gasteiger partial charge on any atom is -0.349 e. The normalized spacial score (nSPS) is 18.3. The van der Waals surface area contributed by atoms with Gasteiger partial charge in [0.1, 0.15) is 11.0 Å². The van der Waals surface area contributed by atoms with Crippen LogP contribution < -0.4 is 5.32 Å². The average molecular weight is 364 g/mol. The van der Waals surface area contributed by atoms with Crippen LogP contribution in [0.15, 0.2) is 36.4 Å². The molecule has 7 nitrogen and oxygen atoms in total. The third-order valence-corrected chi connectivity index (χ3v) is 5.07. The maximum Gasteiger partial charge on any atom is 0.251 e. The molecule has 1 aromatic carbocycles. The smallest absolute Gasteiger partial charge is 0.251 e. The van der Waals surface area contributed by atoms with Crippen LogP contribution >= 0.6 is 0 Å². The number of nitrogens with one attached hydrogen (secondary N) is 2. The number of nitrogens with zero attached hydrogens (tertiary/aromatic N) is 4. The summed E-state index contributed by atoms with van der Waals surface area (Å²) >= 11 is 0. The van der Waals surface area contributed by atoms with Crippen LogP contribution in [0.5, 0.6) is 0 Å². The standard InChI is InChI=1S/C20H24N6O/c1-14-4-2-5-17(21-14)13-26-10-3-6-16(9-11-26)22-20(27)15-7-8-18-19(12-15)24-25-23-18/h2,4-5,7-8,12,16H,3,6,9-11,13H2,1H3,(H,22,27)(H,23,24,25)/t16-/m1/s1. The summed E-state index contributed by atoms with van der Waals surface area (Å²) in [6.07, 6.45) is 3.01. The van der Waals surface area contributed by atoms with Crippen LogP contribution in [0.25, 0.3) is 11.0 Å². The number of aromatic nitrogens is 4. The van der Waals surface area contributed by atoms with Crippen LogP contribution in [0.4, 0.5) is 0 Å². The number of H-pyrrole nitrogens is 1. The van der Waals surface area contributed by atoms with Gasteiger partial charge in [0.2, 0.25) is 0 Å². The van der Waals surface area contributed by atoms with Gasteiger partial charge in [-0.1, -0.05) is 6.07 Å². The molecule has 1 saturated heterocycles. The molecular weight excluding hydrogens is 340 g/mol. The van der Waals surface area contributed by atoms with E-state index in [-0.39, 0.29) is 11.9 Å². The lowest BCUT2D eigenvalue weighted by molar-refractivity contribution is 0.0933. The van der Waals surface area contributed by atoms with E-state index in [2.05, 4.69) is 42.7 Å². The predicted molar refractivity (Wildman–Crippen MR) is 103 cm³/mol. The number of carbonyl (C=O) groups is 1. The quantitative estimate of drug-likeness (QED) is 0.743. The largest absolute Gasteiger partial charge is 0.349 e. The molecule has 1 aliphatic rings. The Labute approximate surface area is 158 Å². The molecular formula is C20H24N6O. The Morgan fingerprint density at radius 3 is 2.96 bits per heavy atom. The van der Waals surface area contributed by atoms with Crippen molar-refractivity contribution in [2.24, 2.45) is 0 Å². The van der Waals surface area contributed by atoms with Crippen LogP contribution in [-0.2, 0) is 6.54 Å². The second-order valence-corrected chi connectivity index (χ2v) is 7.17. The molecule has 2 aromatic heterocycles. The van der Waals surface area contributed by atoms with Crippen molar-refractivity contribution in [3.63, 3.8) is 0 Å². The Morgan fingerprint density at radius 1 is 1.19 bits per heavy atom. The highest BCUT2D eigenvalue weighted by Crippen LogP contribution is 2.15.